The lowest BCUT2D eigenvalue weighted by molar-refractivity contribution is -0.117. The molecule has 10 nitrogen and oxygen atoms in total. The summed E-state index contributed by atoms with van der Waals surface area (Å²) in [6.07, 6.45) is 3.17. The number of hydrogen-bond donors (Lipinski definition) is 1. The number of carbonyl (C=O) groups is 1. The van der Waals surface area contributed by atoms with Gasteiger partial charge in [0, 0.05) is 44.3 Å². The van der Waals surface area contributed by atoms with Gasteiger partial charge in [-0.3, -0.25) is 4.79 Å². The Balaban J connectivity index is 1.33. The van der Waals surface area contributed by atoms with Crippen LogP contribution in [0.2, 0.25) is 0 Å². The van der Waals surface area contributed by atoms with Crippen LogP contribution in [0.1, 0.15) is 5.56 Å². The molecular weight excluding hydrogens is 446 g/mol. The summed E-state index contributed by atoms with van der Waals surface area (Å²) in [6.45, 7) is 5.01. The molecular formula is C25H27N7O3. The Labute approximate surface area is 202 Å². The average Bonchev–Trinajstić information content (AvgIpc) is 3.20. The number of para-hydroxylation sites is 2. The monoisotopic (exact) mass is 473 g/mol. The molecule has 1 saturated heterocycles. The Bertz CT molecular complexity index is 1400. The summed E-state index contributed by atoms with van der Waals surface area (Å²) in [7, 11) is 1.53. The maximum atomic E-state index is 12.9. The van der Waals surface area contributed by atoms with Crippen LogP contribution in [0.15, 0.2) is 65.7 Å². The molecule has 2 aromatic heterocycles. The number of methoxy groups -OCH3 is 1. The van der Waals surface area contributed by atoms with E-state index in [0.29, 0.717) is 22.9 Å². The molecule has 3 heterocycles. The van der Waals surface area contributed by atoms with Gasteiger partial charge in [0.1, 0.15) is 12.3 Å². The lowest BCUT2D eigenvalue weighted by Gasteiger charge is -2.36. The molecule has 0 atom stereocenters. The van der Waals surface area contributed by atoms with Crippen molar-refractivity contribution in [3.05, 3.63) is 77.0 Å². The first-order valence-electron chi connectivity index (χ1n) is 11.5. The van der Waals surface area contributed by atoms with Crippen molar-refractivity contribution in [3.63, 3.8) is 0 Å². The Kier molecular flexibility index (Phi) is 6.09. The van der Waals surface area contributed by atoms with Gasteiger partial charge in [-0.25, -0.2) is 18.9 Å². The number of rotatable bonds is 6. The van der Waals surface area contributed by atoms with Crippen molar-refractivity contribution >= 4 is 28.7 Å². The first kappa shape index (κ1) is 22.5. The molecule has 1 aliphatic rings. The second kappa shape index (κ2) is 9.49. The number of aromatic nitrogens is 4. The van der Waals surface area contributed by atoms with Crippen molar-refractivity contribution in [1.29, 1.82) is 0 Å². The van der Waals surface area contributed by atoms with E-state index in [0.717, 1.165) is 30.9 Å². The van der Waals surface area contributed by atoms with Crippen LogP contribution in [0.25, 0.3) is 5.65 Å². The molecule has 4 aromatic rings. The van der Waals surface area contributed by atoms with Crippen molar-refractivity contribution < 1.29 is 9.53 Å². The Hall–Kier alpha value is -4.34. The van der Waals surface area contributed by atoms with Crippen molar-refractivity contribution in [2.75, 3.05) is 48.4 Å². The second-order valence-electron chi connectivity index (χ2n) is 8.44. The summed E-state index contributed by atoms with van der Waals surface area (Å²) in [5, 5.41) is 7.23. The number of benzene rings is 2. The molecule has 0 aliphatic carbocycles. The fourth-order valence-corrected chi connectivity index (χ4v) is 4.27. The standard InChI is InChI=1S/C25H27N7O3/c1-18-7-9-19(10-8-18)29-13-15-30(16-14-29)23-24-28-32(25(34)31(24)12-11-26-23)17-22(33)27-20-5-3-4-6-21(20)35-2/h3-12H,13-17H2,1-2H3,(H,27,33). The van der Waals surface area contributed by atoms with Crippen LogP contribution in [0.3, 0.4) is 0 Å². The lowest BCUT2D eigenvalue weighted by atomic mass is 10.2. The van der Waals surface area contributed by atoms with Crippen molar-refractivity contribution in [2.45, 2.75) is 13.5 Å². The number of piperazine rings is 1. The van der Waals surface area contributed by atoms with Crippen LogP contribution in [-0.4, -0.2) is 58.4 Å². The van der Waals surface area contributed by atoms with Crippen molar-refractivity contribution in [1.82, 2.24) is 19.2 Å². The van der Waals surface area contributed by atoms with E-state index in [9.17, 15) is 9.59 Å². The van der Waals surface area contributed by atoms with E-state index < -0.39 is 5.69 Å². The minimum atomic E-state index is -0.392. The van der Waals surface area contributed by atoms with Gasteiger partial charge in [0.25, 0.3) is 0 Å². The fraction of sp³-hybridized carbons (Fsp3) is 0.280. The molecule has 1 aliphatic heterocycles. The van der Waals surface area contributed by atoms with Crippen LogP contribution < -0.4 is 25.5 Å². The number of fused-ring (bicyclic) bond motifs is 1. The quantitative estimate of drug-likeness (QED) is 0.458. The fourth-order valence-electron chi connectivity index (χ4n) is 4.27. The number of nitrogens with zero attached hydrogens (tertiary/aromatic N) is 6. The Morgan fingerprint density at radius 2 is 1.74 bits per heavy atom. The molecule has 0 radical (unpaired) electrons. The zero-order chi connectivity index (χ0) is 24.4. The van der Waals surface area contributed by atoms with Gasteiger partial charge in [0.05, 0.1) is 12.8 Å². The third kappa shape index (κ3) is 4.54. The van der Waals surface area contributed by atoms with E-state index in [2.05, 4.69) is 56.4 Å². The number of nitrogens with one attached hydrogen (secondary N) is 1. The van der Waals surface area contributed by atoms with Gasteiger partial charge in [-0.15, -0.1) is 5.10 Å². The van der Waals surface area contributed by atoms with E-state index in [1.165, 1.54) is 22.8 Å². The number of carbonyl (C=O) groups excluding carboxylic acids is 1. The van der Waals surface area contributed by atoms with E-state index in [1.807, 2.05) is 6.07 Å². The smallest absolute Gasteiger partial charge is 0.350 e. The van der Waals surface area contributed by atoms with Crippen LogP contribution in [0, 0.1) is 6.92 Å². The van der Waals surface area contributed by atoms with E-state index in [4.69, 9.17) is 4.74 Å². The topological polar surface area (TPSA) is 97.0 Å². The largest absolute Gasteiger partial charge is 0.495 e. The predicted molar refractivity (Wildman–Crippen MR) is 134 cm³/mol. The molecule has 5 rings (SSSR count). The Morgan fingerprint density at radius 1 is 1.03 bits per heavy atom. The van der Waals surface area contributed by atoms with Crippen LogP contribution in [0.5, 0.6) is 5.75 Å². The van der Waals surface area contributed by atoms with Gasteiger partial charge in [-0.05, 0) is 31.2 Å². The summed E-state index contributed by atoms with van der Waals surface area (Å²) in [5.41, 5.74) is 3.01. The average molecular weight is 474 g/mol. The molecule has 2 aromatic carbocycles. The normalized spacial score (nSPS) is 13.8. The highest BCUT2D eigenvalue weighted by Crippen LogP contribution is 2.23. The number of ether oxygens (including phenoxy) is 1. The molecule has 10 heteroatoms. The zero-order valence-corrected chi connectivity index (χ0v) is 19.7. The molecule has 1 fully saturated rings. The molecule has 0 spiro atoms. The highest BCUT2D eigenvalue weighted by atomic mass is 16.5. The summed E-state index contributed by atoms with van der Waals surface area (Å²) in [6, 6.07) is 15.6. The molecule has 1 N–H and O–H groups in total. The number of aryl methyl sites for hydroxylation is 1. The maximum Gasteiger partial charge on any atom is 0.350 e. The molecule has 0 unspecified atom stereocenters. The van der Waals surface area contributed by atoms with Crippen molar-refractivity contribution in [3.8, 4) is 5.75 Å². The highest BCUT2D eigenvalue weighted by Gasteiger charge is 2.23. The van der Waals surface area contributed by atoms with Gasteiger partial charge in [-0.1, -0.05) is 29.8 Å². The number of hydrogen-bond acceptors (Lipinski definition) is 7. The minimum absolute atomic E-state index is 0.223. The predicted octanol–water partition coefficient (Wildman–Crippen LogP) is 2.17. The number of anilines is 3. The van der Waals surface area contributed by atoms with E-state index in [1.54, 1.807) is 30.6 Å². The first-order chi connectivity index (χ1) is 17.0. The highest BCUT2D eigenvalue weighted by molar-refractivity contribution is 5.92. The molecule has 0 bridgehead atoms. The van der Waals surface area contributed by atoms with Gasteiger partial charge in [0.2, 0.25) is 11.6 Å². The molecule has 35 heavy (non-hydrogen) atoms. The second-order valence-corrected chi connectivity index (χ2v) is 8.44. The third-order valence-electron chi connectivity index (χ3n) is 6.14. The van der Waals surface area contributed by atoms with Gasteiger partial charge >= 0.3 is 5.69 Å². The summed E-state index contributed by atoms with van der Waals surface area (Å²) in [4.78, 5) is 34.6. The third-order valence-corrected chi connectivity index (χ3v) is 6.14. The Morgan fingerprint density at radius 3 is 2.49 bits per heavy atom. The van der Waals surface area contributed by atoms with Gasteiger partial charge < -0.3 is 19.9 Å². The molecule has 0 saturated carbocycles. The summed E-state index contributed by atoms with van der Waals surface area (Å²) < 4.78 is 7.87. The van der Waals surface area contributed by atoms with Crippen LogP contribution in [-0.2, 0) is 11.3 Å². The lowest BCUT2D eigenvalue weighted by Crippen LogP contribution is -2.47. The SMILES string of the molecule is COc1ccccc1NC(=O)Cn1nc2c(N3CCN(c4ccc(C)cc4)CC3)nccn2c1=O. The molecule has 1 amide bonds. The zero-order valence-electron chi connectivity index (χ0n) is 19.7. The van der Waals surface area contributed by atoms with E-state index >= 15 is 0 Å². The van der Waals surface area contributed by atoms with Gasteiger partial charge in [0.15, 0.2) is 5.82 Å². The minimum Gasteiger partial charge on any atom is -0.495 e. The maximum absolute atomic E-state index is 12.9. The summed E-state index contributed by atoms with van der Waals surface area (Å²) in [5.74, 6) is 0.803. The molecule has 180 valence electrons. The van der Waals surface area contributed by atoms with Crippen LogP contribution >= 0.6 is 0 Å². The van der Waals surface area contributed by atoms with E-state index in [-0.39, 0.29) is 12.5 Å². The number of amides is 1. The van der Waals surface area contributed by atoms with Crippen molar-refractivity contribution in [2.24, 2.45) is 0 Å². The van der Waals surface area contributed by atoms with Crippen LogP contribution in [0.4, 0.5) is 17.2 Å². The van der Waals surface area contributed by atoms with Gasteiger partial charge in [-0.2, -0.15) is 0 Å². The summed E-state index contributed by atoms with van der Waals surface area (Å²) >= 11 is 0. The first-order valence-corrected chi connectivity index (χ1v) is 11.5.